The molecular weight excluding hydrogens is 160 g/mol. The van der Waals surface area contributed by atoms with Crippen LogP contribution in [0.3, 0.4) is 0 Å². The quantitative estimate of drug-likeness (QED) is 0.618. The molecule has 0 N–H and O–H groups in total. The maximum atomic E-state index is 2.43. The fraction of sp³-hybridized carbons (Fsp3) is 0.545. The van der Waals surface area contributed by atoms with E-state index in [1.807, 2.05) is 6.07 Å². The maximum Gasteiger partial charge on any atom is 0.168 e. The molecule has 1 aromatic heterocycles. The summed E-state index contributed by atoms with van der Waals surface area (Å²) in [5.41, 5.74) is 0. The van der Waals surface area contributed by atoms with Gasteiger partial charge >= 0.3 is 0 Å². The zero-order valence-electron chi connectivity index (χ0n) is 8.61. The number of hydrogen-bond donors (Lipinski definition) is 0. The van der Waals surface area contributed by atoms with Gasteiger partial charge in [-0.15, -0.1) is 0 Å². The Hall–Kier alpha value is -0.890. The molecule has 0 fully saturated rings. The third-order valence-electron chi connectivity index (χ3n) is 2.35. The molecule has 0 aromatic carbocycles. The van der Waals surface area contributed by atoms with Gasteiger partial charge in [-0.3, -0.25) is 4.90 Å². The molecule has 0 aliphatic heterocycles. The summed E-state index contributed by atoms with van der Waals surface area (Å²) in [6, 6.07) is 6.19. The van der Waals surface area contributed by atoms with Crippen LogP contribution in [-0.4, -0.2) is 24.5 Å². The number of likely N-dealkylation sites (N-methyl/N-ethyl adjacent to an activating group) is 1. The molecule has 1 rings (SSSR count). The molecule has 72 valence electrons. The molecule has 0 saturated heterocycles. The molecule has 0 atom stereocenters. The van der Waals surface area contributed by atoms with Crippen molar-refractivity contribution >= 4 is 0 Å². The minimum atomic E-state index is 1.09. The average molecular weight is 179 g/mol. The maximum absolute atomic E-state index is 2.43. The van der Waals surface area contributed by atoms with Gasteiger partial charge in [-0.1, -0.05) is 19.9 Å². The Bertz CT molecular complexity index is 217. The van der Waals surface area contributed by atoms with Gasteiger partial charge in [-0.25, -0.2) is 4.57 Å². The second-order valence-corrected chi connectivity index (χ2v) is 3.14. The van der Waals surface area contributed by atoms with Crippen molar-refractivity contribution in [2.75, 3.05) is 19.6 Å². The first-order chi connectivity index (χ1) is 6.36. The van der Waals surface area contributed by atoms with Crippen molar-refractivity contribution in [3.05, 3.63) is 30.6 Å². The molecule has 0 bridgehead atoms. The molecule has 2 nitrogen and oxygen atoms in total. The van der Waals surface area contributed by atoms with Gasteiger partial charge in [0.1, 0.15) is 0 Å². The summed E-state index contributed by atoms with van der Waals surface area (Å²) < 4.78 is 2.22. The molecule has 1 heterocycles. The van der Waals surface area contributed by atoms with Crippen LogP contribution in [0.1, 0.15) is 13.8 Å². The molecule has 0 aliphatic carbocycles. The normalized spacial score (nSPS) is 10.7. The van der Waals surface area contributed by atoms with Crippen LogP contribution in [0.5, 0.6) is 0 Å². The molecule has 13 heavy (non-hydrogen) atoms. The number of nitrogens with zero attached hydrogens (tertiary/aromatic N) is 2. The predicted molar refractivity (Wildman–Crippen MR) is 54.4 cm³/mol. The van der Waals surface area contributed by atoms with Gasteiger partial charge < -0.3 is 0 Å². The number of pyridine rings is 1. The van der Waals surface area contributed by atoms with Crippen LogP contribution in [0.4, 0.5) is 0 Å². The van der Waals surface area contributed by atoms with E-state index < -0.39 is 0 Å². The first-order valence-corrected chi connectivity index (χ1v) is 5.03. The van der Waals surface area contributed by atoms with E-state index in [1.165, 1.54) is 0 Å². The van der Waals surface area contributed by atoms with Crippen molar-refractivity contribution in [2.45, 2.75) is 20.4 Å². The Kier molecular flexibility index (Phi) is 4.47. The number of aromatic nitrogens is 1. The SMILES string of the molecule is CCN(CC)CC[n+]1ccccc1. The highest BCUT2D eigenvalue weighted by molar-refractivity contribution is 4.83. The standard InChI is InChI=1S/C11H19N2/c1-3-12(4-2)10-11-13-8-6-5-7-9-13/h5-9H,3-4,10-11H2,1-2H3/q+1. The van der Waals surface area contributed by atoms with E-state index in [2.05, 4.69) is 47.8 Å². The molecular formula is C11H19N2+. The third kappa shape index (κ3) is 3.55. The van der Waals surface area contributed by atoms with E-state index in [0.29, 0.717) is 0 Å². The Morgan fingerprint density at radius 1 is 1.00 bits per heavy atom. The van der Waals surface area contributed by atoms with E-state index in [1.54, 1.807) is 0 Å². The second-order valence-electron chi connectivity index (χ2n) is 3.14. The summed E-state index contributed by atoms with van der Waals surface area (Å²) >= 11 is 0. The van der Waals surface area contributed by atoms with Gasteiger partial charge in [0.25, 0.3) is 0 Å². The van der Waals surface area contributed by atoms with E-state index in [4.69, 9.17) is 0 Å². The molecule has 0 saturated carbocycles. The summed E-state index contributed by atoms with van der Waals surface area (Å²) in [5, 5.41) is 0. The highest BCUT2D eigenvalue weighted by Crippen LogP contribution is 1.85. The first-order valence-electron chi connectivity index (χ1n) is 5.03. The zero-order chi connectivity index (χ0) is 9.52. The Labute approximate surface area is 80.8 Å². The van der Waals surface area contributed by atoms with Gasteiger partial charge in [-0.05, 0) is 13.1 Å². The van der Waals surface area contributed by atoms with Crippen LogP contribution < -0.4 is 4.57 Å². The molecule has 0 radical (unpaired) electrons. The lowest BCUT2D eigenvalue weighted by atomic mass is 10.4. The van der Waals surface area contributed by atoms with E-state index in [-0.39, 0.29) is 0 Å². The summed E-state index contributed by atoms with van der Waals surface area (Å²) in [6.07, 6.45) is 4.23. The van der Waals surface area contributed by atoms with Gasteiger partial charge in [0.2, 0.25) is 0 Å². The minimum Gasteiger partial charge on any atom is -0.298 e. The largest absolute Gasteiger partial charge is 0.298 e. The van der Waals surface area contributed by atoms with E-state index in [0.717, 1.165) is 26.2 Å². The molecule has 0 spiro atoms. The van der Waals surface area contributed by atoms with Crippen molar-refractivity contribution in [2.24, 2.45) is 0 Å². The van der Waals surface area contributed by atoms with Crippen LogP contribution in [0.2, 0.25) is 0 Å². The average Bonchev–Trinajstić information content (AvgIpc) is 2.21. The molecule has 0 aliphatic rings. The topological polar surface area (TPSA) is 7.12 Å². The van der Waals surface area contributed by atoms with Gasteiger partial charge in [0, 0.05) is 12.1 Å². The van der Waals surface area contributed by atoms with Crippen LogP contribution in [-0.2, 0) is 6.54 Å². The number of hydrogen-bond acceptors (Lipinski definition) is 1. The van der Waals surface area contributed by atoms with E-state index >= 15 is 0 Å². The fourth-order valence-corrected chi connectivity index (χ4v) is 1.38. The van der Waals surface area contributed by atoms with Crippen molar-refractivity contribution in [3.63, 3.8) is 0 Å². The fourth-order valence-electron chi connectivity index (χ4n) is 1.38. The smallest absolute Gasteiger partial charge is 0.168 e. The Morgan fingerprint density at radius 2 is 1.62 bits per heavy atom. The summed E-state index contributed by atoms with van der Waals surface area (Å²) in [4.78, 5) is 2.43. The molecule has 0 unspecified atom stereocenters. The number of rotatable bonds is 5. The van der Waals surface area contributed by atoms with Crippen molar-refractivity contribution in [1.29, 1.82) is 0 Å². The molecule has 2 heteroatoms. The zero-order valence-corrected chi connectivity index (χ0v) is 8.61. The van der Waals surface area contributed by atoms with Crippen molar-refractivity contribution in [3.8, 4) is 0 Å². The summed E-state index contributed by atoms with van der Waals surface area (Å²) in [7, 11) is 0. The van der Waals surface area contributed by atoms with Crippen LogP contribution in [0, 0.1) is 0 Å². The molecule has 0 amide bonds. The van der Waals surface area contributed by atoms with Crippen molar-refractivity contribution < 1.29 is 4.57 Å². The van der Waals surface area contributed by atoms with Gasteiger partial charge in [0.05, 0.1) is 6.54 Å². The second kappa shape index (κ2) is 5.70. The van der Waals surface area contributed by atoms with Crippen molar-refractivity contribution in [1.82, 2.24) is 4.90 Å². The summed E-state index contributed by atoms with van der Waals surface area (Å²) in [5.74, 6) is 0. The monoisotopic (exact) mass is 179 g/mol. The minimum absolute atomic E-state index is 1.09. The highest BCUT2D eigenvalue weighted by Gasteiger charge is 2.02. The first kappa shape index (κ1) is 10.2. The highest BCUT2D eigenvalue weighted by atomic mass is 15.1. The summed E-state index contributed by atoms with van der Waals surface area (Å²) in [6.45, 7) is 8.93. The molecule has 1 aromatic rings. The van der Waals surface area contributed by atoms with E-state index in [9.17, 15) is 0 Å². The van der Waals surface area contributed by atoms with Gasteiger partial charge in [-0.2, -0.15) is 0 Å². The lowest BCUT2D eigenvalue weighted by Gasteiger charge is -2.15. The lowest BCUT2D eigenvalue weighted by Crippen LogP contribution is -2.39. The van der Waals surface area contributed by atoms with Crippen LogP contribution >= 0.6 is 0 Å². The Morgan fingerprint density at radius 3 is 2.15 bits per heavy atom. The van der Waals surface area contributed by atoms with Crippen LogP contribution in [0.15, 0.2) is 30.6 Å². The van der Waals surface area contributed by atoms with Crippen LogP contribution in [0.25, 0.3) is 0 Å². The lowest BCUT2D eigenvalue weighted by molar-refractivity contribution is -0.696. The third-order valence-corrected chi connectivity index (χ3v) is 2.35. The predicted octanol–water partition coefficient (Wildman–Crippen LogP) is 1.32. The Balaban J connectivity index is 2.34. The van der Waals surface area contributed by atoms with Gasteiger partial charge in [0.15, 0.2) is 18.9 Å².